The summed E-state index contributed by atoms with van der Waals surface area (Å²) in [5.41, 5.74) is 1.49. The van der Waals surface area contributed by atoms with Crippen molar-refractivity contribution in [3.63, 3.8) is 0 Å². The molecule has 0 saturated carbocycles. The van der Waals surface area contributed by atoms with E-state index in [-0.39, 0.29) is 16.6 Å². The topological polar surface area (TPSA) is 76.7 Å². The molecular weight excluding hydrogens is 384 g/mol. The number of ether oxygens (including phenoxy) is 2. The van der Waals surface area contributed by atoms with Crippen molar-refractivity contribution >= 4 is 45.5 Å². The zero-order chi connectivity index (χ0) is 19.6. The Bertz CT molecular complexity index is 891. The van der Waals surface area contributed by atoms with E-state index in [1.807, 2.05) is 19.9 Å². The minimum Gasteiger partial charge on any atom is -0.465 e. The Hall–Kier alpha value is -2.29. The second kappa shape index (κ2) is 7.75. The minimum absolute atomic E-state index is 0.118. The van der Waals surface area contributed by atoms with Gasteiger partial charge in [0.25, 0.3) is 5.91 Å². The van der Waals surface area contributed by atoms with Gasteiger partial charge in [-0.05, 0) is 43.8 Å². The minimum atomic E-state index is -0.440. The maximum Gasteiger partial charge on any atom is 0.341 e. The Morgan fingerprint density at radius 1 is 1.26 bits per heavy atom. The van der Waals surface area contributed by atoms with Crippen molar-refractivity contribution in [2.24, 2.45) is 0 Å². The second-order valence-electron chi connectivity index (χ2n) is 6.70. The number of amides is 1. The average molecular weight is 405 g/mol. The zero-order valence-corrected chi connectivity index (χ0v) is 16.9. The summed E-state index contributed by atoms with van der Waals surface area (Å²) in [6.07, 6.45) is 0.591. The Morgan fingerprint density at radius 3 is 2.63 bits per heavy atom. The highest BCUT2D eigenvalue weighted by molar-refractivity contribution is 7.80. The van der Waals surface area contributed by atoms with Crippen LogP contribution in [0.5, 0.6) is 0 Å². The molecule has 0 bridgehead atoms. The second-order valence-corrected chi connectivity index (χ2v) is 8.21. The highest BCUT2D eigenvalue weighted by Gasteiger charge is 2.34. The monoisotopic (exact) mass is 404 g/mol. The number of methoxy groups -OCH3 is 1. The molecular formula is C19H20N2O4S2. The number of anilines is 1. The van der Waals surface area contributed by atoms with Crippen molar-refractivity contribution in [2.75, 3.05) is 12.4 Å². The van der Waals surface area contributed by atoms with Crippen molar-refractivity contribution in [1.29, 1.82) is 0 Å². The number of thiocarbonyl (C=S) groups is 1. The van der Waals surface area contributed by atoms with Crippen LogP contribution >= 0.6 is 23.6 Å². The van der Waals surface area contributed by atoms with E-state index in [9.17, 15) is 9.59 Å². The van der Waals surface area contributed by atoms with Crippen LogP contribution in [-0.2, 0) is 22.5 Å². The van der Waals surface area contributed by atoms with Crippen LogP contribution in [0.3, 0.4) is 0 Å². The van der Waals surface area contributed by atoms with E-state index in [1.165, 1.54) is 18.4 Å². The third kappa shape index (κ3) is 4.35. The molecule has 142 valence electrons. The van der Waals surface area contributed by atoms with E-state index in [2.05, 4.69) is 10.6 Å². The lowest BCUT2D eigenvalue weighted by Crippen LogP contribution is -2.34. The molecule has 0 unspecified atom stereocenters. The van der Waals surface area contributed by atoms with Gasteiger partial charge >= 0.3 is 5.97 Å². The molecule has 2 N–H and O–H groups in total. The van der Waals surface area contributed by atoms with Crippen LogP contribution in [0.4, 0.5) is 5.00 Å². The van der Waals surface area contributed by atoms with Crippen LogP contribution in [0.15, 0.2) is 30.3 Å². The predicted molar refractivity (Wildman–Crippen MR) is 108 cm³/mol. The summed E-state index contributed by atoms with van der Waals surface area (Å²) in [7, 11) is 1.34. The lowest BCUT2D eigenvalue weighted by Gasteiger charge is -2.30. The number of hydrogen-bond donors (Lipinski definition) is 2. The quantitative estimate of drug-likeness (QED) is 0.602. The molecule has 1 aromatic carbocycles. The summed E-state index contributed by atoms with van der Waals surface area (Å²) in [6.45, 7) is 4.38. The molecule has 0 spiro atoms. The van der Waals surface area contributed by atoms with E-state index in [1.54, 1.807) is 24.3 Å². The number of esters is 1. The SMILES string of the molecule is COC(=O)c1c(NC(=S)NC(=O)c2ccccc2)sc2c1CC(C)(C)OC2. The van der Waals surface area contributed by atoms with Gasteiger partial charge in [0, 0.05) is 16.9 Å². The molecule has 0 saturated heterocycles. The van der Waals surface area contributed by atoms with Gasteiger partial charge in [-0.2, -0.15) is 0 Å². The number of rotatable bonds is 3. The molecule has 1 amide bonds. The summed E-state index contributed by atoms with van der Waals surface area (Å²) < 4.78 is 10.8. The number of hydrogen-bond acceptors (Lipinski definition) is 6. The molecule has 3 rings (SSSR count). The Kier molecular flexibility index (Phi) is 5.59. The van der Waals surface area contributed by atoms with Gasteiger partial charge in [0.2, 0.25) is 0 Å². The van der Waals surface area contributed by atoms with E-state index in [0.29, 0.717) is 29.2 Å². The van der Waals surface area contributed by atoms with Gasteiger partial charge in [0.15, 0.2) is 5.11 Å². The number of carbonyl (C=O) groups excluding carboxylic acids is 2. The van der Waals surface area contributed by atoms with Gasteiger partial charge in [0.05, 0.1) is 24.9 Å². The smallest absolute Gasteiger partial charge is 0.341 e. The Labute approximate surface area is 166 Å². The first-order chi connectivity index (χ1) is 12.8. The zero-order valence-electron chi connectivity index (χ0n) is 15.3. The summed E-state index contributed by atoms with van der Waals surface area (Å²) in [5.74, 6) is -0.761. The fraction of sp³-hybridized carbons (Fsp3) is 0.316. The van der Waals surface area contributed by atoms with E-state index >= 15 is 0 Å². The first kappa shape index (κ1) is 19.5. The van der Waals surface area contributed by atoms with Crippen LogP contribution in [0.2, 0.25) is 0 Å². The maximum absolute atomic E-state index is 12.4. The first-order valence-corrected chi connectivity index (χ1v) is 9.57. The third-order valence-electron chi connectivity index (χ3n) is 4.17. The highest BCUT2D eigenvalue weighted by atomic mass is 32.1. The van der Waals surface area contributed by atoms with Gasteiger partial charge in [-0.1, -0.05) is 18.2 Å². The number of nitrogens with one attached hydrogen (secondary N) is 2. The fourth-order valence-electron chi connectivity index (χ4n) is 2.86. The van der Waals surface area contributed by atoms with Gasteiger partial charge < -0.3 is 14.8 Å². The molecule has 0 atom stereocenters. The Balaban J connectivity index is 1.82. The Morgan fingerprint density at radius 2 is 1.96 bits per heavy atom. The molecule has 1 aromatic heterocycles. The van der Waals surface area contributed by atoms with Crippen molar-refractivity contribution in [3.05, 3.63) is 51.9 Å². The van der Waals surface area contributed by atoms with Crippen molar-refractivity contribution in [1.82, 2.24) is 5.32 Å². The number of benzene rings is 1. The number of carbonyl (C=O) groups is 2. The lowest BCUT2D eigenvalue weighted by molar-refractivity contribution is -0.0384. The van der Waals surface area contributed by atoms with Crippen LogP contribution in [0.25, 0.3) is 0 Å². The van der Waals surface area contributed by atoms with E-state index in [4.69, 9.17) is 21.7 Å². The van der Waals surface area contributed by atoms with Crippen molar-refractivity contribution in [2.45, 2.75) is 32.5 Å². The largest absolute Gasteiger partial charge is 0.465 e. The van der Waals surface area contributed by atoms with Crippen LogP contribution < -0.4 is 10.6 Å². The highest BCUT2D eigenvalue weighted by Crippen LogP contribution is 2.40. The molecule has 2 aromatic rings. The standard InChI is InChI=1S/C19H20N2O4S2/c1-19(2)9-12-13(10-25-19)27-16(14(12)17(23)24-3)21-18(26)20-15(22)11-7-5-4-6-8-11/h4-8H,9-10H2,1-3H3,(H2,20,21,22,26). The molecule has 0 aliphatic carbocycles. The van der Waals surface area contributed by atoms with Crippen LogP contribution in [0.1, 0.15) is 45.0 Å². The molecule has 1 aliphatic heterocycles. The van der Waals surface area contributed by atoms with Gasteiger partial charge in [0.1, 0.15) is 5.00 Å². The molecule has 6 nitrogen and oxygen atoms in total. The lowest BCUT2D eigenvalue weighted by atomic mass is 9.93. The van der Waals surface area contributed by atoms with E-state index in [0.717, 1.165) is 10.4 Å². The predicted octanol–water partition coefficient (Wildman–Crippen LogP) is 3.51. The van der Waals surface area contributed by atoms with Crippen LogP contribution in [-0.4, -0.2) is 29.7 Å². The van der Waals surface area contributed by atoms with Crippen molar-refractivity contribution < 1.29 is 19.1 Å². The summed E-state index contributed by atoms with van der Waals surface area (Å²) >= 11 is 6.64. The third-order valence-corrected chi connectivity index (χ3v) is 5.49. The molecule has 0 radical (unpaired) electrons. The molecule has 2 heterocycles. The molecule has 1 aliphatic rings. The maximum atomic E-state index is 12.4. The van der Waals surface area contributed by atoms with Gasteiger partial charge in [-0.25, -0.2) is 4.79 Å². The molecule has 27 heavy (non-hydrogen) atoms. The average Bonchev–Trinajstić information content (AvgIpc) is 2.97. The molecule has 8 heteroatoms. The molecule has 0 fully saturated rings. The summed E-state index contributed by atoms with van der Waals surface area (Å²) in [6, 6.07) is 8.77. The number of thiophene rings is 1. The fourth-order valence-corrected chi connectivity index (χ4v) is 4.24. The van der Waals surface area contributed by atoms with Gasteiger partial charge in [-0.15, -0.1) is 11.3 Å². The van der Waals surface area contributed by atoms with E-state index < -0.39 is 5.97 Å². The first-order valence-electron chi connectivity index (χ1n) is 8.35. The van der Waals surface area contributed by atoms with Crippen LogP contribution in [0, 0.1) is 0 Å². The number of fused-ring (bicyclic) bond motifs is 1. The van der Waals surface area contributed by atoms with Gasteiger partial charge in [-0.3, -0.25) is 10.1 Å². The summed E-state index contributed by atoms with van der Waals surface area (Å²) in [4.78, 5) is 25.6. The van der Waals surface area contributed by atoms with Crippen molar-refractivity contribution in [3.8, 4) is 0 Å². The normalized spacial score (nSPS) is 14.8. The summed E-state index contributed by atoms with van der Waals surface area (Å²) in [5, 5.41) is 6.27.